The molecule has 0 spiro atoms. The Bertz CT molecular complexity index is 1700. The molecule has 6 heteroatoms. The zero-order valence-corrected chi connectivity index (χ0v) is 33.1. The Morgan fingerprint density at radius 2 is 1.66 bits per heavy atom. The Balaban J connectivity index is 0.992. The molecule has 2 unspecified atom stereocenters. The van der Waals surface area contributed by atoms with Gasteiger partial charge in [0.2, 0.25) is 0 Å². The third-order valence-corrected chi connectivity index (χ3v) is 17.0. The van der Waals surface area contributed by atoms with Gasteiger partial charge in [0.25, 0.3) is 0 Å². The number of nitrogens with zero attached hydrogens (tertiary/aromatic N) is 1. The Labute approximate surface area is 318 Å². The van der Waals surface area contributed by atoms with Crippen LogP contribution in [0.25, 0.3) is 10.9 Å². The largest absolute Gasteiger partial charge is 0.463 e. The number of hydrogen-bond donors (Lipinski definition) is 1. The van der Waals surface area contributed by atoms with Gasteiger partial charge >= 0.3 is 11.9 Å². The molecule has 288 valence electrons. The van der Waals surface area contributed by atoms with Crippen LogP contribution in [0, 0.1) is 70.0 Å². The van der Waals surface area contributed by atoms with Gasteiger partial charge in [-0.05, 0) is 172 Å². The maximum Gasteiger partial charge on any atom is 0.302 e. The number of allylic oxidation sites excluding steroid dienone is 1. The summed E-state index contributed by atoms with van der Waals surface area (Å²) in [6.45, 7) is 14.8. The molecule has 1 aromatic carbocycles. The van der Waals surface area contributed by atoms with Crippen LogP contribution in [0.4, 0.5) is 0 Å². The highest BCUT2D eigenvalue weighted by Crippen LogP contribution is 2.69. The highest BCUT2D eigenvalue weighted by Gasteiger charge is 2.64. The number of ether oxygens (including phenoxy) is 2. The van der Waals surface area contributed by atoms with Crippen molar-refractivity contribution in [3.8, 4) is 0 Å². The summed E-state index contributed by atoms with van der Waals surface area (Å²) in [5.74, 6) is 4.83. The first kappa shape index (κ1) is 37.2. The van der Waals surface area contributed by atoms with Gasteiger partial charge in [-0.15, -0.1) is 6.58 Å². The van der Waals surface area contributed by atoms with E-state index < -0.39 is 6.10 Å². The molecule has 9 rings (SSSR count). The van der Waals surface area contributed by atoms with Crippen LogP contribution in [0.2, 0.25) is 0 Å². The number of aromatic nitrogens is 1. The van der Waals surface area contributed by atoms with Crippen molar-refractivity contribution in [1.29, 1.82) is 0 Å². The molecule has 6 nitrogen and oxygen atoms in total. The lowest BCUT2D eigenvalue weighted by Gasteiger charge is -2.62. The zero-order valence-electron chi connectivity index (χ0n) is 33.1. The number of aliphatic hydroxyl groups excluding tert-OH is 1. The number of fused-ring (bicyclic) bond motifs is 9. The van der Waals surface area contributed by atoms with E-state index in [1.165, 1.54) is 51.9 Å². The fourth-order valence-electron chi connectivity index (χ4n) is 14.5. The van der Waals surface area contributed by atoms with Crippen LogP contribution >= 0.6 is 0 Å². The van der Waals surface area contributed by atoms with Gasteiger partial charge in [-0.2, -0.15) is 0 Å². The van der Waals surface area contributed by atoms with Gasteiger partial charge in [0.1, 0.15) is 12.2 Å². The second-order valence-corrected chi connectivity index (χ2v) is 19.4. The third-order valence-electron chi connectivity index (χ3n) is 17.0. The number of carbonyl (C=O) groups is 2. The average Bonchev–Trinajstić information content (AvgIpc) is 3.50. The lowest BCUT2D eigenvalue weighted by atomic mass is 9.43. The van der Waals surface area contributed by atoms with Crippen molar-refractivity contribution in [3.05, 3.63) is 54.2 Å². The van der Waals surface area contributed by atoms with Crippen LogP contribution in [0.1, 0.15) is 135 Å². The van der Waals surface area contributed by atoms with Crippen molar-refractivity contribution < 1.29 is 24.2 Å². The molecule has 1 heterocycles. The summed E-state index contributed by atoms with van der Waals surface area (Å²) >= 11 is 0. The molecule has 1 aromatic heterocycles. The Kier molecular flexibility index (Phi) is 10.1. The molecule has 0 radical (unpaired) electrons. The molecule has 0 saturated heterocycles. The monoisotopic (exact) mass is 723 g/mol. The van der Waals surface area contributed by atoms with E-state index in [0.29, 0.717) is 59.2 Å². The van der Waals surface area contributed by atoms with Gasteiger partial charge in [-0.1, -0.05) is 45.0 Å². The maximum atomic E-state index is 12.6. The first-order valence-corrected chi connectivity index (χ1v) is 21.4. The van der Waals surface area contributed by atoms with Gasteiger partial charge < -0.3 is 14.6 Å². The molecule has 7 aliphatic carbocycles. The van der Waals surface area contributed by atoms with Crippen LogP contribution in [-0.4, -0.2) is 34.2 Å². The minimum absolute atomic E-state index is 0.0189. The predicted molar refractivity (Wildman–Crippen MR) is 209 cm³/mol. The van der Waals surface area contributed by atoms with Crippen LogP contribution in [-0.2, 0) is 25.5 Å². The molecule has 2 aromatic rings. The van der Waals surface area contributed by atoms with Crippen molar-refractivity contribution in [3.63, 3.8) is 0 Å². The molecule has 15 atom stereocenters. The quantitative estimate of drug-likeness (QED) is 0.205. The molecule has 53 heavy (non-hydrogen) atoms. The summed E-state index contributed by atoms with van der Waals surface area (Å²) in [4.78, 5) is 29.6. The Morgan fingerprint density at radius 1 is 0.925 bits per heavy atom. The van der Waals surface area contributed by atoms with E-state index in [9.17, 15) is 14.7 Å². The molecule has 2 bridgehead atoms. The molecule has 0 amide bonds. The smallest absolute Gasteiger partial charge is 0.302 e. The number of aryl methyl sites for hydroxylation is 1. The van der Waals surface area contributed by atoms with E-state index in [4.69, 9.17) is 14.5 Å². The van der Waals surface area contributed by atoms with Gasteiger partial charge in [-0.3, -0.25) is 14.6 Å². The van der Waals surface area contributed by atoms with Crippen LogP contribution in [0.15, 0.2) is 43.0 Å². The van der Waals surface area contributed by atoms with Gasteiger partial charge in [-0.25, -0.2) is 0 Å². The van der Waals surface area contributed by atoms with Crippen molar-refractivity contribution in [2.24, 2.45) is 70.0 Å². The summed E-state index contributed by atoms with van der Waals surface area (Å²) in [5.41, 5.74) is 3.62. The molecule has 0 aliphatic heterocycles. The number of esters is 2. The minimum atomic E-state index is -0.457. The van der Waals surface area contributed by atoms with E-state index in [1.807, 2.05) is 0 Å². The highest BCUT2D eigenvalue weighted by atomic mass is 16.5. The number of benzene rings is 1. The van der Waals surface area contributed by atoms with Crippen molar-refractivity contribution in [2.75, 3.05) is 0 Å². The summed E-state index contributed by atoms with van der Waals surface area (Å²) in [6.07, 6.45) is 17.1. The number of pyridine rings is 1. The molecule has 7 aliphatic rings. The minimum Gasteiger partial charge on any atom is -0.463 e. The fraction of sp³-hybridized carbons (Fsp3) is 0.723. The number of rotatable bonds is 9. The Morgan fingerprint density at radius 3 is 2.40 bits per heavy atom. The lowest BCUT2D eigenvalue weighted by Crippen LogP contribution is -2.59. The molecule has 7 fully saturated rings. The molecular weight excluding hydrogens is 659 g/mol. The van der Waals surface area contributed by atoms with Gasteiger partial charge in [0.05, 0.1) is 11.6 Å². The number of aliphatic hydroxyl groups is 1. The first-order valence-electron chi connectivity index (χ1n) is 21.4. The van der Waals surface area contributed by atoms with E-state index in [-0.39, 0.29) is 35.0 Å². The van der Waals surface area contributed by atoms with E-state index >= 15 is 0 Å². The van der Waals surface area contributed by atoms with Crippen LogP contribution in [0.3, 0.4) is 0 Å². The summed E-state index contributed by atoms with van der Waals surface area (Å²) in [6, 6.07) is 10.7. The topological polar surface area (TPSA) is 85.7 Å². The van der Waals surface area contributed by atoms with E-state index in [1.54, 1.807) is 6.92 Å². The van der Waals surface area contributed by atoms with Crippen molar-refractivity contribution in [2.45, 2.75) is 143 Å². The standard InChI is InChI=1S/C47H65NO5/c1-7-30-22-32-14-13-31(30)23-37(32)45(51)38-26-34(48-42-11-9-8-10-36(38)42)15-12-27(2)39-16-17-40-44-41(19-21-47(39,40)6)46(5)20-18-35(52-28(3)49)24-33(46)25-43(44)53-29(4)50/h7-11,26-27,30-33,35,37,39-41,43-45,51H,1,12-25H2,2-6H3/t27-,30?,31+,32+,33+,35-,37?,39-,40+,41+,43-,44+,45+,46+,47-/m1/s1. The third kappa shape index (κ3) is 6.59. The second-order valence-electron chi connectivity index (χ2n) is 19.4. The van der Waals surface area contributed by atoms with Crippen LogP contribution in [0.5, 0.6) is 0 Å². The summed E-state index contributed by atoms with van der Waals surface area (Å²) < 4.78 is 12.0. The second kappa shape index (κ2) is 14.4. The van der Waals surface area contributed by atoms with Crippen LogP contribution < -0.4 is 0 Å². The molecule has 7 saturated carbocycles. The van der Waals surface area contributed by atoms with Gasteiger partial charge in [0.15, 0.2) is 0 Å². The molecular formula is C47H65NO5. The maximum absolute atomic E-state index is 12.6. The zero-order chi connectivity index (χ0) is 37.2. The predicted octanol–water partition coefficient (Wildman–Crippen LogP) is 10.2. The van der Waals surface area contributed by atoms with Crippen molar-refractivity contribution in [1.82, 2.24) is 4.98 Å². The summed E-state index contributed by atoms with van der Waals surface area (Å²) in [7, 11) is 0. The average molecular weight is 724 g/mol. The number of para-hydroxylation sites is 1. The Hall–Kier alpha value is -2.73. The lowest BCUT2D eigenvalue weighted by molar-refractivity contribution is -0.197. The first-order chi connectivity index (χ1) is 25.4. The SMILES string of the molecule is C=CC1C[C@@H]2CC[C@H]1CC2[C@H](O)c1cc(CC[C@@H](C)[C@H]2CC[C@H]3[C@@H]4[C@H](OC(C)=O)C[C@@H]5C[C@H](OC(C)=O)CC[C@]5(C)[C@H]4CC[C@]23C)nc2ccccc12. The van der Waals surface area contributed by atoms with Gasteiger partial charge in [0, 0.05) is 30.8 Å². The number of hydrogen-bond acceptors (Lipinski definition) is 6. The number of carbonyl (C=O) groups excluding carboxylic acids is 2. The normalized spacial score (nSPS) is 41.4. The van der Waals surface area contributed by atoms with E-state index in [0.717, 1.165) is 67.1 Å². The molecule has 1 N–H and O–H groups in total. The fourth-order valence-corrected chi connectivity index (χ4v) is 14.5. The van der Waals surface area contributed by atoms with Crippen molar-refractivity contribution >= 4 is 22.8 Å². The van der Waals surface area contributed by atoms with E-state index in [2.05, 4.69) is 63.8 Å². The summed E-state index contributed by atoms with van der Waals surface area (Å²) in [5, 5.41) is 13.2. The highest BCUT2D eigenvalue weighted by molar-refractivity contribution is 5.82.